The maximum absolute atomic E-state index is 12.8. The van der Waals surface area contributed by atoms with Crippen LogP contribution in [0.3, 0.4) is 0 Å². The van der Waals surface area contributed by atoms with Crippen LogP contribution in [0.1, 0.15) is 66.7 Å². The topological polar surface area (TPSA) is 80.8 Å². The van der Waals surface area contributed by atoms with E-state index in [4.69, 9.17) is 9.47 Å². The van der Waals surface area contributed by atoms with Gasteiger partial charge in [-0.15, -0.1) is 0 Å². The van der Waals surface area contributed by atoms with Crippen molar-refractivity contribution in [3.8, 4) is 0 Å². The SMILES string of the molecule is CCCOC1CCC(C(=O)NN2C=COC2c2ccc(C(=O)c3cccnc3)cc2)CC1. The Hall–Kier alpha value is -3.19. The van der Waals surface area contributed by atoms with Gasteiger partial charge in [0.15, 0.2) is 5.78 Å². The van der Waals surface area contributed by atoms with Gasteiger partial charge < -0.3 is 9.47 Å². The lowest BCUT2D eigenvalue weighted by Gasteiger charge is -2.30. The monoisotopic (exact) mass is 435 g/mol. The summed E-state index contributed by atoms with van der Waals surface area (Å²) in [4.78, 5) is 29.4. The van der Waals surface area contributed by atoms with Gasteiger partial charge in [0, 0.05) is 41.6 Å². The van der Waals surface area contributed by atoms with Crippen molar-refractivity contribution in [1.29, 1.82) is 0 Å². The van der Waals surface area contributed by atoms with Crippen LogP contribution in [0.25, 0.3) is 0 Å². The number of ketones is 1. The van der Waals surface area contributed by atoms with Crippen molar-refractivity contribution < 1.29 is 19.1 Å². The minimum absolute atomic E-state index is 0.00228. The molecule has 1 aromatic carbocycles. The highest BCUT2D eigenvalue weighted by Crippen LogP contribution is 2.29. The van der Waals surface area contributed by atoms with Crippen LogP contribution in [0, 0.1) is 5.92 Å². The zero-order valence-electron chi connectivity index (χ0n) is 18.3. The number of hydrazine groups is 1. The van der Waals surface area contributed by atoms with Gasteiger partial charge in [0.1, 0.15) is 6.26 Å². The summed E-state index contributed by atoms with van der Waals surface area (Å²) < 4.78 is 11.5. The van der Waals surface area contributed by atoms with Crippen LogP contribution in [0.4, 0.5) is 0 Å². The van der Waals surface area contributed by atoms with E-state index in [1.165, 1.54) is 0 Å². The molecule has 168 valence electrons. The van der Waals surface area contributed by atoms with Crippen molar-refractivity contribution >= 4 is 11.7 Å². The number of carbonyl (C=O) groups is 2. The van der Waals surface area contributed by atoms with Gasteiger partial charge in [0.05, 0.1) is 12.3 Å². The molecular formula is C25H29N3O4. The normalized spacial score (nSPS) is 22.4. The Morgan fingerprint density at radius 3 is 2.59 bits per heavy atom. The average Bonchev–Trinajstić information content (AvgIpc) is 3.31. The van der Waals surface area contributed by atoms with Crippen molar-refractivity contribution in [2.75, 3.05) is 6.61 Å². The van der Waals surface area contributed by atoms with Crippen LogP contribution in [-0.2, 0) is 14.3 Å². The Morgan fingerprint density at radius 2 is 1.91 bits per heavy atom. The highest BCUT2D eigenvalue weighted by atomic mass is 16.5. The van der Waals surface area contributed by atoms with Gasteiger partial charge in [-0.1, -0.05) is 31.2 Å². The predicted octanol–water partition coefficient (Wildman–Crippen LogP) is 4.13. The number of amides is 1. The first-order chi connectivity index (χ1) is 15.7. The van der Waals surface area contributed by atoms with Crippen LogP contribution < -0.4 is 5.43 Å². The standard InChI is InChI=1S/C25H29N3O4/c1-2-15-31-22-11-9-19(10-12-22)24(30)27-28-14-16-32-25(28)20-7-5-18(6-8-20)23(29)21-4-3-13-26-17-21/h3-8,13-14,16-17,19,22,25H,2,9-12,15H2,1H3,(H,27,30). The van der Waals surface area contributed by atoms with Crippen molar-refractivity contribution in [3.05, 3.63) is 77.9 Å². The summed E-state index contributed by atoms with van der Waals surface area (Å²) in [6, 6.07) is 10.7. The van der Waals surface area contributed by atoms with E-state index in [1.54, 1.807) is 54.1 Å². The lowest BCUT2D eigenvalue weighted by atomic mass is 9.87. The molecule has 2 aliphatic rings. The molecule has 32 heavy (non-hydrogen) atoms. The van der Waals surface area contributed by atoms with Gasteiger partial charge in [0.2, 0.25) is 12.1 Å². The molecular weight excluding hydrogens is 406 g/mol. The van der Waals surface area contributed by atoms with E-state index in [1.807, 2.05) is 12.1 Å². The summed E-state index contributed by atoms with van der Waals surface area (Å²) in [5, 5.41) is 1.68. The number of rotatable bonds is 8. The largest absolute Gasteiger partial charge is 0.471 e. The zero-order valence-corrected chi connectivity index (χ0v) is 18.3. The summed E-state index contributed by atoms with van der Waals surface area (Å²) in [6.07, 6.45) is 10.8. The highest BCUT2D eigenvalue weighted by molar-refractivity contribution is 6.08. The second-order valence-electron chi connectivity index (χ2n) is 8.19. The molecule has 0 bridgehead atoms. The van der Waals surface area contributed by atoms with Gasteiger partial charge in [-0.25, -0.2) is 5.01 Å². The molecule has 1 fully saturated rings. The third-order valence-electron chi connectivity index (χ3n) is 5.91. The molecule has 7 nitrogen and oxygen atoms in total. The third kappa shape index (κ3) is 5.16. The molecule has 1 N–H and O–H groups in total. The summed E-state index contributed by atoms with van der Waals surface area (Å²) in [5.74, 6) is -0.105. The number of benzene rings is 1. The first-order valence-corrected chi connectivity index (χ1v) is 11.2. The van der Waals surface area contributed by atoms with E-state index in [0.717, 1.165) is 44.3 Å². The molecule has 0 radical (unpaired) electrons. The molecule has 0 spiro atoms. The van der Waals surface area contributed by atoms with E-state index >= 15 is 0 Å². The fourth-order valence-corrected chi connectivity index (χ4v) is 4.11. The Morgan fingerprint density at radius 1 is 1.12 bits per heavy atom. The molecule has 1 aromatic heterocycles. The lowest BCUT2D eigenvalue weighted by Crippen LogP contribution is -2.43. The van der Waals surface area contributed by atoms with E-state index in [9.17, 15) is 9.59 Å². The predicted molar refractivity (Wildman–Crippen MR) is 119 cm³/mol. The molecule has 1 unspecified atom stereocenters. The van der Waals surface area contributed by atoms with Crippen LogP contribution in [-0.4, -0.2) is 34.4 Å². The maximum Gasteiger partial charge on any atom is 0.241 e. The van der Waals surface area contributed by atoms with Crippen LogP contribution >= 0.6 is 0 Å². The highest BCUT2D eigenvalue weighted by Gasteiger charge is 2.30. The second kappa shape index (κ2) is 10.4. The second-order valence-corrected chi connectivity index (χ2v) is 8.19. The number of nitrogens with zero attached hydrogens (tertiary/aromatic N) is 2. The summed E-state index contributed by atoms with van der Waals surface area (Å²) in [6.45, 7) is 2.89. The summed E-state index contributed by atoms with van der Waals surface area (Å²) >= 11 is 0. The smallest absolute Gasteiger partial charge is 0.241 e. The zero-order chi connectivity index (χ0) is 22.3. The first kappa shape index (κ1) is 22.0. The van der Waals surface area contributed by atoms with Gasteiger partial charge in [-0.2, -0.15) is 0 Å². The van der Waals surface area contributed by atoms with Crippen molar-refractivity contribution in [2.45, 2.75) is 51.4 Å². The Balaban J connectivity index is 1.34. The molecule has 1 saturated carbocycles. The van der Waals surface area contributed by atoms with E-state index in [0.29, 0.717) is 11.1 Å². The number of hydrogen-bond donors (Lipinski definition) is 1. The molecule has 1 atom stereocenters. The molecule has 7 heteroatoms. The Labute approximate surface area is 188 Å². The Kier molecular flexibility index (Phi) is 7.17. The van der Waals surface area contributed by atoms with Crippen LogP contribution in [0.2, 0.25) is 0 Å². The summed E-state index contributed by atoms with van der Waals surface area (Å²) in [5.41, 5.74) is 4.95. The molecule has 4 rings (SSSR count). The fourth-order valence-electron chi connectivity index (χ4n) is 4.11. The number of carbonyl (C=O) groups excluding carboxylic acids is 2. The fraction of sp³-hybridized carbons (Fsp3) is 0.400. The molecule has 0 saturated heterocycles. The van der Waals surface area contributed by atoms with Gasteiger partial charge in [-0.05, 0) is 44.2 Å². The van der Waals surface area contributed by atoms with Gasteiger partial charge in [-0.3, -0.25) is 20.0 Å². The minimum Gasteiger partial charge on any atom is -0.471 e. The molecule has 2 heterocycles. The lowest BCUT2D eigenvalue weighted by molar-refractivity contribution is -0.134. The molecule has 1 aliphatic carbocycles. The number of ether oxygens (including phenoxy) is 2. The number of pyridine rings is 1. The average molecular weight is 436 g/mol. The minimum atomic E-state index is -0.467. The van der Waals surface area contributed by atoms with E-state index in [-0.39, 0.29) is 23.7 Å². The van der Waals surface area contributed by atoms with Crippen molar-refractivity contribution in [2.24, 2.45) is 5.92 Å². The van der Waals surface area contributed by atoms with Gasteiger partial charge in [0.25, 0.3) is 0 Å². The van der Waals surface area contributed by atoms with Crippen molar-refractivity contribution in [1.82, 2.24) is 15.4 Å². The molecule has 1 amide bonds. The van der Waals surface area contributed by atoms with E-state index < -0.39 is 6.23 Å². The molecule has 1 aliphatic heterocycles. The number of aromatic nitrogens is 1. The number of nitrogens with one attached hydrogen (secondary N) is 1. The summed E-state index contributed by atoms with van der Waals surface area (Å²) in [7, 11) is 0. The Bertz CT molecular complexity index is 937. The maximum atomic E-state index is 12.8. The van der Waals surface area contributed by atoms with Crippen LogP contribution in [0.5, 0.6) is 0 Å². The third-order valence-corrected chi connectivity index (χ3v) is 5.91. The number of hydrogen-bond acceptors (Lipinski definition) is 6. The van der Waals surface area contributed by atoms with Gasteiger partial charge >= 0.3 is 0 Å². The quantitative estimate of drug-likeness (QED) is 0.628. The first-order valence-electron chi connectivity index (χ1n) is 11.2. The van der Waals surface area contributed by atoms with E-state index in [2.05, 4.69) is 17.3 Å². The molecule has 2 aromatic rings. The van der Waals surface area contributed by atoms with Crippen LogP contribution in [0.15, 0.2) is 61.3 Å². The van der Waals surface area contributed by atoms with Crippen molar-refractivity contribution in [3.63, 3.8) is 0 Å².